The van der Waals surface area contributed by atoms with Crippen LogP contribution in [0.15, 0.2) is 0 Å². The highest BCUT2D eigenvalue weighted by molar-refractivity contribution is 7.89. The normalized spacial score (nSPS) is 10.4. The second-order valence-corrected chi connectivity index (χ2v) is 3.45. The van der Waals surface area contributed by atoms with Crippen LogP contribution in [0.4, 0.5) is 0 Å². The van der Waals surface area contributed by atoms with Crippen LogP contribution in [0, 0.1) is 0 Å². The van der Waals surface area contributed by atoms with Crippen molar-refractivity contribution in [3.63, 3.8) is 0 Å². The zero-order chi connectivity index (χ0) is 6.62. The molecule has 0 radical (unpaired) electrons. The number of hydrogen-bond donors (Lipinski definition) is 1. The average molecular weight is 153 g/mol. The first-order chi connectivity index (χ1) is 3.56. The highest BCUT2D eigenvalue weighted by atomic mass is 32.2. The molecule has 0 aliphatic heterocycles. The Morgan fingerprint density at radius 3 is 2.00 bits per heavy atom. The molecule has 0 fully saturated rings. The Morgan fingerprint density at radius 1 is 1.44 bits per heavy atom. The van der Waals surface area contributed by atoms with E-state index in [4.69, 9.17) is 5.14 Å². The maximum absolute atomic E-state index is 10.2. The van der Waals surface area contributed by atoms with E-state index in [2.05, 4.69) is 0 Å². The van der Waals surface area contributed by atoms with Crippen molar-refractivity contribution in [2.75, 3.05) is 5.75 Å². The Balaban J connectivity index is 0. The minimum atomic E-state index is -3.19. The summed E-state index contributed by atoms with van der Waals surface area (Å²) in [6, 6.07) is 0. The molecule has 0 heterocycles. The molecule has 0 unspecified atom stereocenters. The van der Waals surface area contributed by atoms with Gasteiger partial charge in [-0.25, -0.2) is 13.6 Å². The van der Waals surface area contributed by atoms with Gasteiger partial charge < -0.3 is 0 Å². The zero-order valence-electron chi connectivity index (χ0n) is 4.92. The van der Waals surface area contributed by atoms with Crippen LogP contribution in [0.2, 0.25) is 0 Å². The molecule has 58 valence electrons. The van der Waals surface area contributed by atoms with E-state index in [1.54, 1.807) is 0 Å². The maximum atomic E-state index is 10.2. The lowest BCUT2D eigenvalue weighted by Crippen LogP contribution is -2.15. The molecule has 0 aliphatic rings. The van der Waals surface area contributed by atoms with Crippen LogP contribution < -0.4 is 5.14 Å². The highest BCUT2D eigenvalue weighted by Crippen LogP contribution is 1.88. The van der Waals surface area contributed by atoms with Gasteiger partial charge in [0.15, 0.2) is 0 Å². The zero-order valence-corrected chi connectivity index (χ0v) is 5.74. The molecule has 0 spiro atoms. The Morgan fingerprint density at radius 2 is 1.89 bits per heavy atom. The summed E-state index contributed by atoms with van der Waals surface area (Å²) in [7, 11) is -3.19. The topological polar surface area (TPSA) is 60.2 Å². The van der Waals surface area contributed by atoms with Gasteiger partial charge in [0.25, 0.3) is 0 Å². The molecular weight excluding hydrogens is 138 g/mol. The van der Waals surface area contributed by atoms with E-state index in [-0.39, 0.29) is 13.2 Å². The number of hydrogen-bond acceptors (Lipinski definition) is 2. The molecule has 0 aromatic heterocycles. The van der Waals surface area contributed by atoms with Crippen LogP contribution >= 0.6 is 0 Å². The van der Waals surface area contributed by atoms with Crippen LogP contribution in [0.5, 0.6) is 0 Å². The second kappa shape index (κ2) is 4.76. The van der Waals surface area contributed by atoms with Crippen molar-refractivity contribution in [1.29, 1.82) is 0 Å². The van der Waals surface area contributed by atoms with Gasteiger partial charge >= 0.3 is 0 Å². The molecule has 2 N–H and O–H groups in total. The summed E-state index contributed by atoms with van der Waals surface area (Å²) in [4.78, 5) is 0. The minimum absolute atomic E-state index is 0. The maximum Gasteiger partial charge on any atom is 0.209 e. The van der Waals surface area contributed by atoms with Gasteiger partial charge in [0.2, 0.25) is 10.0 Å². The van der Waals surface area contributed by atoms with E-state index < -0.39 is 10.0 Å². The lowest BCUT2D eigenvalue weighted by atomic mass is 10.4. The monoisotopic (exact) mass is 153 g/mol. The Hall–Kier alpha value is -0.0900. The van der Waals surface area contributed by atoms with E-state index in [0.29, 0.717) is 6.42 Å². The fourth-order valence-corrected chi connectivity index (χ4v) is 1.04. The first kappa shape index (κ1) is 11.7. The molecule has 4 heteroatoms. The van der Waals surface area contributed by atoms with E-state index in [1.807, 2.05) is 6.92 Å². The number of nitrogens with two attached hydrogens (primary N) is 1. The Labute approximate surface area is 57.3 Å². The van der Waals surface area contributed by atoms with Crippen LogP contribution in [0.3, 0.4) is 0 Å². The van der Waals surface area contributed by atoms with Crippen molar-refractivity contribution in [2.45, 2.75) is 27.2 Å². The van der Waals surface area contributed by atoms with Gasteiger partial charge in [0.1, 0.15) is 0 Å². The molecule has 9 heavy (non-hydrogen) atoms. The predicted molar refractivity (Wildman–Crippen MR) is 39.6 cm³/mol. The van der Waals surface area contributed by atoms with Crippen molar-refractivity contribution < 1.29 is 8.42 Å². The summed E-state index contributed by atoms with van der Waals surface area (Å²) in [6.07, 6.45) is 1.54. The SMILES string of the molecule is C.CCCCS(N)(=O)=O. The molecular formula is C5H15NO2S. The average Bonchev–Trinajstić information content (AvgIpc) is 1.59. The summed E-state index contributed by atoms with van der Waals surface area (Å²) in [5.74, 6) is 0.115. The summed E-state index contributed by atoms with van der Waals surface area (Å²) in [6.45, 7) is 1.92. The van der Waals surface area contributed by atoms with E-state index in [1.165, 1.54) is 0 Å². The molecule has 0 aromatic carbocycles. The first-order valence-corrected chi connectivity index (χ1v) is 4.28. The third-order valence-electron chi connectivity index (χ3n) is 0.782. The Kier molecular flexibility index (Phi) is 6.17. The largest absolute Gasteiger partial charge is 0.229 e. The molecule has 0 atom stereocenters. The summed E-state index contributed by atoms with van der Waals surface area (Å²) in [5.41, 5.74) is 0. The fraction of sp³-hybridized carbons (Fsp3) is 1.00. The predicted octanol–water partition coefficient (Wildman–Crippen LogP) is 0.711. The van der Waals surface area contributed by atoms with Gasteiger partial charge in [-0.1, -0.05) is 20.8 Å². The van der Waals surface area contributed by atoms with Crippen molar-refractivity contribution in [3.8, 4) is 0 Å². The molecule has 0 rings (SSSR count). The lowest BCUT2D eigenvalue weighted by molar-refractivity contribution is 0.594. The van der Waals surface area contributed by atoms with Crippen molar-refractivity contribution in [2.24, 2.45) is 5.14 Å². The number of rotatable bonds is 3. The second-order valence-electron chi connectivity index (χ2n) is 1.72. The highest BCUT2D eigenvalue weighted by Gasteiger charge is 1.98. The van der Waals surface area contributed by atoms with Crippen LogP contribution in [0.1, 0.15) is 27.2 Å². The van der Waals surface area contributed by atoms with Gasteiger partial charge in [0, 0.05) is 0 Å². The number of sulfonamides is 1. The summed E-state index contributed by atoms with van der Waals surface area (Å²) >= 11 is 0. The summed E-state index contributed by atoms with van der Waals surface area (Å²) < 4.78 is 20.3. The van der Waals surface area contributed by atoms with Crippen molar-refractivity contribution >= 4 is 10.0 Å². The number of unbranched alkanes of at least 4 members (excludes halogenated alkanes) is 1. The van der Waals surface area contributed by atoms with E-state index >= 15 is 0 Å². The van der Waals surface area contributed by atoms with E-state index in [9.17, 15) is 8.42 Å². The Bertz CT molecular complexity index is 139. The van der Waals surface area contributed by atoms with Crippen molar-refractivity contribution in [3.05, 3.63) is 0 Å². The fourth-order valence-electron chi connectivity index (χ4n) is 0.346. The summed E-state index contributed by atoms with van der Waals surface area (Å²) in [5, 5.41) is 4.69. The van der Waals surface area contributed by atoms with Gasteiger partial charge in [-0.2, -0.15) is 0 Å². The lowest BCUT2D eigenvalue weighted by Gasteiger charge is -1.91. The molecule has 0 bridgehead atoms. The number of primary sulfonamides is 1. The molecule has 3 nitrogen and oxygen atoms in total. The molecule has 0 aliphatic carbocycles. The molecule has 0 amide bonds. The van der Waals surface area contributed by atoms with Gasteiger partial charge in [0.05, 0.1) is 5.75 Å². The van der Waals surface area contributed by atoms with Crippen LogP contribution in [-0.4, -0.2) is 14.2 Å². The smallest absolute Gasteiger partial charge is 0.209 e. The van der Waals surface area contributed by atoms with Crippen molar-refractivity contribution in [1.82, 2.24) is 0 Å². The molecule has 0 saturated carbocycles. The minimum Gasteiger partial charge on any atom is -0.229 e. The van der Waals surface area contributed by atoms with Gasteiger partial charge in [-0.15, -0.1) is 0 Å². The van der Waals surface area contributed by atoms with Gasteiger partial charge in [-0.3, -0.25) is 0 Å². The third kappa shape index (κ3) is 11.5. The molecule has 0 aromatic rings. The van der Waals surface area contributed by atoms with Gasteiger partial charge in [-0.05, 0) is 6.42 Å². The van der Waals surface area contributed by atoms with Crippen LogP contribution in [0.25, 0.3) is 0 Å². The molecule has 0 saturated heterocycles. The third-order valence-corrected chi connectivity index (χ3v) is 1.64. The standard InChI is InChI=1S/C4H11NO2S.CH4/c1-2-3-4-8(5,6)7;/h2-4H2,1H3,(H2,5,6,7);1H4. The first-order valence-electron chi connectivity index (χ1n) is 2.56. The van der Waals surface area contributed by atoms with Crippen LogP contribution in [-0.2, 0) is 10.0 Å². The van der Waals surface area contributed by atoms with E-state index in [0.717, 1.165) is 6.42 Å². The quantitative estimate of drug-likeness (QED) is 0.649.